The summed E-state index contributed by atoms with van der Waals surface area (Å²) < 4.78 is 0. The van der Waals surface area contributed by atoms with E-state index in [-0.39, 0.29) is 11.9 Å². The molecule has 1 aliphatic carbocycles. The number of aromatic amines is 1. The van der Waals surface area contributed by atoms with Gasteiger partial charge in [-0.05, 0) is 30.4 Å². The van der Waals surface area contributed by atoms with Gasteiger partial charge in [-0.15, -0.1) is 0 Å². The molecular formula is C16H19N5O. The van der Waals surface area contributed by atoms with Crippen molar-refractivity contribution >= 4 is 5.91 Å². The molecule has 22 heavy (non-hydrogen) atoms. The van der Waals surface area contributed by atoms with E-state index >= 15 is 0 Å². The fourth-order valence-electron chi connectivity index (χ4n) is 3.30. The summed E-state index contributed by atoms with van der Waals surface area (Å²) >= 11 is 0. The first-order valence-corrected chi connectivity index (χ1v) is 7.81. The monoisotopic (exact) mass is 297 g/mol. The quantitative estimate of drug-likeness (QED) is 0.782. The zero-order chi connectivity index (χ0) is 14.9. The Morgan fingerprint density at radius 2 is 2.27 bits per heavy atom. The van der Waals surface area contributed by atoms with Crippen LogP contribution in [-0.2, 0) is 30.6 Å². The number of nitrogens with zero attached hydrogens (tertiary/aromatic N) is 2. The average Bonchev–Trinajstić information content (AvgIpc) is 3.20. The molecule has 0 radical (unpaired) electrons. The standard InChI is InChI=1S/C16H19N5O/c22-16(15-14-13(4-5-17-15)20-9-21-14)19-8-10-6-11-2-1-3-12(11)18-7-10/h6-7,9,15,17H,1-5,8H2,(H,19,22)(H,20,21). The van der Waals surface area contributed by atoms with Gasteiger partial charge in [-0.3, -0.25) is 9.78 Å². The topological polar surface area (TPSA) is 82.7 Å². The number of hydrogen-bond acceptors (Lipinski definition) is 4. The second kappa shape index (κ2) is 5.53. The highest BCUT2D eigenvalue weighted by Gasteiger charge is 2.28. The van der Waals surface area contributed by atoms with Crippen LogP contribution in [0.4, 0.5) is 0 Å². The summed E-state index contributed by atoms with van der Waals surface area (Å²) in [7, 11) is 0. The Labute approximate surface area is 128 Å². The number of imidazole rings is 1. The molecule has 3 heterocycles. The predicted octanol–water partition coefficient (Wildman–Crippen LogP) is 0.797. The second-order valence-electron chi connectivity index (χ2n) is 5.92. The molecule has 1 aliphatic heterocycles. The van der Waals surface area contributed by atoms with Crippen LogP contribution in [0.15, 0.2) is 18.6 Å². The number of carbonyl (C=O) groups excluding carboxylic acids is 1. The number of aromatic nitrogens is 3. The Hall–Kier alpha value is -2.21. The lowest BCUT2D eigenvalue weighted by molar-refractivity contribution is -0.123. The number of aryl methyl sites for hydroxylation is 2. The first-order chi connectivity index (χ1) is 10.8. The molecular weight excluding hydrogens is 278 g/mol. The second-order valence-corrected chi connectivity index (χ2v) is 5.92. The molecule has 0 aromatic carbocycles. The minimum absolute atomic E-state index is 0.0338. The molecule has 6 nitrogen and oxygen atoms in total. The number of H-pyrrole nitrogens is 1. The summed E-state index contributed by atoms with van der Waals surface area (Å²) in [5.41, 5.74) is 5.48. The average molecular weight is 297 g/mol. The number of fused-ring (bicyclic) bond motifs is 2. The molecule has 1 unspecified atom stereocenters. The molecule has 1 atom stereocenters. The van der Waals surface area contributed by atoms with Gasteiger partial charge < -0.3 is 15.6 Å². The molecule has 0 fully saturated rings. The summed E-state index contributed by atoms with van der Waals surface area (Å²) in [6.45, 7) is 1.30. The SMILES string of the molecule is O=C(NCc1cnc2c(c1)CCC2)C1NCCc2[nH]cnc21. The minimum Gasteiger partial charge on any atom is -0.350 e. The third-order valence-electron chi connectivity index (χ3n) is 4.45. The smallest absolute Gasteiger partial charge is 0.243 e. The van der Waals surface area contributed by atoms with Crippen molar-refractivity contribution in [3.05, 3.63) is 46.8 Å². The Kier molecular flexibility index (Phi) is 3.38. The van der Waals surface area contributed by atoms with E-state index in [1.54, 1.807) is 6.33 Å². The van der Waals surface area contributed by atoms with Gasteiger partial charge in [0.1, 0.15) is 6.04 Å². The summed E-state index contributed by atoms with van der Waals surface area (Å²) in [6.07, 6.45) is 7.78. The number of hydrogen-bond donors (Lipinski definition) is 3. The molecule has 0 spiro atoms. The fraction of sp³-hybridized carbons (Fsp3) is 0.438. The third kappa shape index (κ3) is 2.39. The highest BCUT2D eigenvalue weighted by molar-refractivity contribution is 5.83. The molecule has 0 saturated carbocycles. The highest BCUT2D eigenvalue weighted by atomic mass is 16.2. The van der Waals surface area contributed by atoms with Crippen molar-refractivity contribution in [1.29, 1.82) is 0 Å². The van der Waals surface area contributed by atoms with Gasteiger partial charge in [0.15, 0.2) is 0 Å². The van der Waals surface area contributed by atoms with Gasteiger partial charge in [0.2, 0.25) is 5.91 Å². The van der Waals surface area contributed by atoms with Crippen LogP contribution in [0, 0.1) is 0 Å². The van der Waals surface area contributed by atoms with Crippen LogP contribution in [-0.4, -0.2) is 27.4 Å². The fourth-order valence-corrected chi connectivity index (χ4v) is 3.30. The zero-order valence-electron chi connectivity index (χ0n) is 12.4. The third-order valence-corrected chi connectivity index (χ3v) is 4.45. The predicted molar refractivity (Wildman–Crippen MR) is 81.1 cm³/mol. The molecule has 2 aromatic heterocycles. The van der Waals surface area contributed by atoms with Crippen molar-refractivity contribution in [3.8, 4) is 0 Å². The summed E-state index contributed by atoms with van der Waals surface area (Å²) in [5.74, 6) is -0.0338. The molecule has 114 valence electrons. The molecule has 0 saturated heterocycles. The van der Waals surface area contributed by atoms with Crippen LogP contribution in [0.5, 0.6) is 0 Å². The van der Waals surface area contributed by atoms with Gasteiger partial charge >= 0.3 is 0 Å². The first-order valence-electron chi connectivity index (χ1n) is 7.81. The summed E-state index contributed by atoms with van der Waals surface area (Å²) in [6, 6.07) is 1.81. The number of pyridine rings is 1. The normalized spacial score (nSPS) is 19.5. The van der Waals surface area contributed by atoms with Crippen LogP contribution >= 0.6 is 0 Å². The van der Waals surface area contributed by atoms with Crippen molar-refractivity contribution in [1.82, 2.24) is 25.6 Å². The largest absolute Gasteiger partial charge is 0.350 e. The van der Waals surface area contributed by atoms with Crippen LogP contribution in [0.3, 0.4) is 0 Å². The molecule has 2 aromatic rings. The Balaban J connectivity index is 1.43. The van der Waals surface area contributed by atoms with Crippen molar-refractivity contribution in [2.75, 3.05) is 6.54 Å². The van der Waals surface area contributed by atoms with Crippen molar-refractivity contribution in [3.63, 3.8) is 0 Å². The minimum atomic E-state index is -0.364. The number of rotatable bonds is 3. The summed E-state index contributed by atoms with van der Waals surface area (Å²) in [5, 5.41) is 6.22. The Bertz CT molecular complexity index is 708. The van der Waals surface area contributed by atoms with E-state index in [0.717, 1.165) is 42.8 Å². The van der Waals surface area contributed by atoms with Gasteiger partial charge in [0.05, 0.1) is 12.0 Å². The number of amides is 1. The van der Waals surface area contributed by atoms with E-state index in [2.05, 4.69) is 31.7 Å². The van der Waals surface area contributed by atoms with E-state index in [1.165, 1.54) is 17.7 Å². The lowest BCUT2D eigenvalue weighted by atomic mass is 10.0. The van der Waals surface area contributed by atoms with Crippen LogP contribution < -0.4 is 10.6 Å². The van der Waals surface area contributed by atoms with Gasteiger partial charge in [-0.25, -0.2) is 4.98 Å². The van der Waals surface area contributed by atoms with Crippen LogP contribution in [0.2, 0.25) is 0 Å². The number of carbonyl (C=O) groups is 1. The van der Waals surface area contributed by atoms with Crippen LogP contribution in [0.25, 0.3) is 0 Å². The Morgan fingerprint density at radius 3 is 3.23 bits per heavy atom. The maximum atomic E-state index is 12.4. The first kappa shape index (κ1) is 13.5. The van der Waals surface area contributed by atoms with Gasteiger partial charge in [-0.2, -0.15) is 0 Å². The van der Waals surface area contributed by atoms with E-state index in [0.29, 0.717) is 6.54 Å². The zero-order valence-corrected chi connectivity index (χ0v) is 12.4. The van der Waals surface area contributed by atoms with Crippen molar-refractivity contribution < 1.29 is 4.79 Å². The maximum absolute atomic E-state index is 12.4. The molecule has 4 rings (SSSR count). The van der Waals surface area contributed by atoms with E-state index in [9.17, 15) is 4.79 Å². The van der Waals surface area contributed by atoms with Gasteiger partial charge in [0.25, 0.3) is 0 Å². The number of nitrogens with one attached hydrogen (secondary N) is 3. The van der Waals surface area contributed by atoms with E-state index < -0.39 is 0 Å². The van der Waals surface area contributed by atoms with Crippen LogP contribution in [0.1, 0.15) is 40.7 Å². The van der Waals surface area contributed by atoms with Gasteiger partial charge in [0, 0.05) is 37.1 Å². The maximum Gasteiger partial charge on any atom is 0.243 e. The lowest BCUT2D eigenvalue weighted by Gasteiger charge is -2.22. The molecule has 0 bridgehead atoms. The van der Waals surface area contributed by atoms with Crippen molar-refractivity contribution in [2.24, 2.45) is 0 Å². The molecule has 3 N–H and O–H groups in total. The molecule has 1 amide bonds. The molecule has 2 aliphatic rings. The lowest BCUT2D eigenvalue weighted by Crippen LogP contribution is -2.41. The Morgan fingerprint density at radius 1 is 1.32 bits per heavy atom. The van der Waals surface area contributed by atoms with Gasteiger partial charge in [-0.1, -0.05) is 6.07 Å². The van der Waals surface area contributed by atoms with E-state index in [1.807, 2.05) is 6.20 Å². The van der Waals surface area contributed by atoms with Crippen molar-refractivity contribution in [2.45, 2.75) is 38.3 Å². The summed E-state index contributed by atoms with van der Waals surface area (Å²) in [4.78, 5) is 24.3. The highest BCUT2D eigenvalue weighted by Crippen LogP contribution is 2.21. The molecule has 6 heteroatoms. The van der Waals surface area contributed by atoms with E-state index in [4.69, 9.17) is 0 Å².